The average Bonchev–Trinajstić information content (AvgIpc) is 2.16. The number of unbranched alkanes of at least 4 members (excludes halogenated alkanes) is 2. The lowest BCUT2D eigenvalue weighted by molar-refractivity contribution is 0.425. The van der Waals surface area contributed by atoms with Gasteiger partial charge < -0.3 is 5.32 Å². The van der Waals surface area contributed by atoms with Crippen LogP contribution in [-0.4, -0.2) is 13.1 Å². The Balaban J connectivity index is 3.18. The highest BCUT2D eigenvalue weighted by molar-refractivity contribution is 4.91. The third-order valence-corrected chi connectivity index (χ3v) is 2.42. The second-order valence-corrected chi connectivity index (χ2v) is 4.56. The first kappa shape index (κ1) is 13.4. The van der Waals surface area contributed by atoms with Crippen molar-refractivity contribution >= 4 is 0 Å². The molecule has 0 heterocycles. The van der Waals surface area contributed by atoms with Gasteiger partial charge in [0.2, 0.25) is 0 Å². The Hall–Kier alpha value is -0.550. The minimum absolute atomic E-state index is 0.148. The van der Waals surface area contributed by atoms with E-state index < -0.39 is 0 Å². The van der Waals surface area contributed by atoms with Crippen molar-refractivity contribution in [3.63, 3.8) is 0 Å². The predicted molar refractivity (Wildman–Crippen MR) is 61.0 cm³/mol. The molecule has 14 heavy (non-hydrogen) atoms. The van der Waals surface area contributed by atoms with E-state index in [1.54, 1.807) is 0 Å². The number of nitrogens with one attached hydrogen (secondary N) is 1. The Morgan fingerprint density at radius 1 is 1.14 bits per heavy atom. The Morgan fingerprint density at radius 3 is 2.36 bits per heavy atom. The highest BCUT2D eigenvalue weighted by Crippen LogP contribution is 2.19. The first-order valence-electron chi connectivity index (χ1n) is 5.74. The molecule has 0 unspecified atom stereocenters. The summed E-state index contributed by atoms with van der Waals surface area (Å²) in [5, 5.41) is 12.2. The van der Waals surface area contributed by atoms with Crippen LogP contribution in [0.25, 0.3) is 0 Å². The summed E-state index contributed by atoms with van der Waals surface area (Å²) in [6, 6.07) is 2.32. The number of nitrogens with zero attached hydrogens (tertiary/aromatic N) is 1. The molecule has 0 amide bonds. The summed E-state index contributed by atoms with van der Waals surface area (Å²) in [4.78, 5) is 0. The van der Waals surface area contributed by atoms with Gasteiger partial charge >= 0.3 is 0 Å². The summed E-state index contributed by atoms with van der Waals surface area (Å²) in [6.07, 6.45) is 5.97. The van der Waals surface area contributed by atoms with Crippen LogP contribution in [0.5, 0.6) is 0 Å². The second kappa shape index (κ2) is 7.82. The largest absolute Gasteiger partial charge is 0.317 e. The van der Waals surface area contributed by atoms with E-state index >= 15 is 0 Å². The molecular formula is C12H24N2. The second-order valence-electron chi connectivity index (χ2n) is 4.56. The van der Waals surface area contributed by atoms with Crippen molar-refractivity contribution in [2.75, 3.05) is 13.1 Å². The van der Waals surface area contributed by atoms with Crippen molar-refractivity contribution in [2.45, 2.75) is 52.9 Å². The van der Waals surface area contributed by atoms with Crippen LogP contribution >= 0.6 is 0 Å². The van der Waals surface area contributed by atoms with Crippen molar-refractivity contribution in [3.8, 4) is 6.07 Å². The molecule has 0 atom stereocenters. The van der Waals surface area contributed by atoms with Gasteiger partial charge in [0.15, 0.2) is 0 Å². The highest BCUT2D eigenvalue weighted by atomic mass is 14.8. The van der Waals surface area contributed by atoms with Crippen LogP contribution < -0.4 is 5.32 Å². The van der Waals surface area contributed by atoms with Gasteiger partial charge in [-0.1, -0.05) is 19.8 Å². The van der Waals surface area contributed by atoms with Gasteiger partial charge in [-0.05, 0) is 46.2 Å². The van der Waals surface area contributed by atoms with Crippen LogP contribution in [0.4, 0.5) is 0 Å². The summed E-state index contributed by atoms with van der Waals surface area (Å²) in [7, 11) is 0. The SMILES string of the molecule is CCCCCNCCCC(C)(C)C#N. The number of rotatable bonds is 8. The molecule has 82 valence electrons. The number of hydrogen-bond donors (Lipinski definition) is 1. The maximum absolute atomic E-state index is 8.80. The molecule has 2 heteroatoms. The molecule has 0 saturated heterocycles. The predicted octanol–water partition coefficient (Wildman–Crippen LogP) is 3.10. The summed E-state index contributed by atoms with van der Waals surface area (Å²) in [6.45, 7) is 8.40. The summed E-state index contributed by atoms with van der Waals surface area (Å²) in [5.74, 6) is 0. The van der Waals surface area contributed by atoms with E-state index in [9.17, 15) is 0 Å². The van der Waals surface area contributed by atoms with Gasteiger partial charge in [0.05, 0.1) is 11.5 Å². The molecule has 0 aromatic carbocycles. The van der Waals surface area contributed by atoms with E-state index in [0.29, 0.717) is 0 Å². The van der Waals surface area contributed by atoms with Crippen LogP contribution in [-0.2, 0) is 0 Å². The molecule has 0 aliphatic heterocycles. The Bertz CT molecular complexity index is 168. The molecular weight excluding hydrogens is 172 g/mol. The summed E-state index contributed by atoms with van der Waals surface area (Å²) < 4.78 is 0. The molecule has 0 rings (SSSR count). The molecule has 0 aromatic rings. The van der Waals surface area contributed by atoms with E-state index in [-0.39, 0.29) is 5.41 Å². The first-order chi connectivity index (χ1) is 6.62. The molecule has 0 aliphatic rings. The minimum atomic E-state index is -0.148. The van der Waals surface area contributed by atoms with Gasteiger partial charge in [-0.3, -0.25) is 0 Å². The topological polar surface area (TPSA) is 35.8 Å². The molecule has 0 aromatic heterocycles. The van der Waals surface area contributed by atoms with Crippen LogP contribution in [0.15, 0.2) is 0 Å². The highest BCUT2D eigenvalue weighted by Gasteiger charge is 2.14. The van der Waals surface area contributed by atoms with Gasteiger partial charge in [0, 0.05) is 0 Å². The standard InChI is InChI=1S/C12H24N2/c1-4-5-6-9-14-10-7-8-12(2,3)11-13/h14H,4-10H2,1-3H3. The fourth-order valence-electron chi connectivity index (χ4n) is 1.34. The van der Waals surface area contributed by atoms with E-state index in [2.05, 4.69) is 18.3 Å². The maximum atomic E-state index is 8.80. The minimum Gasteiger partial charge on any atom is -0.317 e. The van der Waals surface area contributed by atoms with Gasteiger partial charge in [-0.25, -0.2) is 0 Å². The molecule has 1 N–H and O–H groups in total. The lowest BCUT2D eigenvalue weighted by Gasteiger charge is -2.14. The quantitative estimate of drug-likeness (QED) is 0.605. The smallest absolute Gasteiger partial charge is 0.0683 e. The zero-order chi connectivity index (χ0) is 10.9. The fourth-order valence-corrected chi connectivity index (χ4v) is 1.34. The monoisotopic (exact) mass is 196 g/mol. The Morgan fingerprint density at radius 2 is 1.79 bits per heavy atom. The van der Waals surface area contributed by atoms with Gasteiger partial charge in [0.25, 0.3) is 0 Å². The molecule has 0 fully saturated rings. The summed E-state index contributed by atoms with van der Waals surface area (Å²) in [5.41, 5.74) is -0.148. The zero-order valence-corrected chi connectivity index (χ0v) is 9.90. The third-order valence-electron chi connectivity index (χ3n) is 2.42. The average molecular weight is 196 g/mol. The van der Waals surface area contributed by atoms with Crippen molar-refractivity contribution in [1.29, 1.82) is 5.26 Å². The van der Waals surface area contributed by atoms with E-state index in [0.717, 1.165) is 25.9 Å². The third kappa shape index (κ3) is 8.07. The number of nitriles is 1. The molecule has 0 radical (unpaired) electrons. The van der Waals surface area contributed by atoms with Crippen molar-refractivity contribution < 1.29 is 0 Å². The molecule has 0 saturated carbocycles. The fraction of sp³-hybridized carbons (Fsp3) is 0.917. The van der Waals surface area contributed by atoms with Crippen molar-refractivity contribution in [3.05, 3.63) is 0 Å². The van der Waals surface area contributed by atoms with Gasteiger partial charge in [-0.15, -0.1) is 0 Å². The Labute approximate surface area is 88.7 Å². The first-order valence-corrected chi connectivity index (χ1v) is 5.74. The maximum Gasteiger partial charge on any atom is 0.0683 e. The molecule has 0 aliphatic carbocycles. The lowest BCUT2D eigenvalue weighted by Crippen LogP contribution is -2.19. The van der Waals surface area contributed by atoms with Gasteiger partial charge in [0.1, 0.15) is 0 Å². The zero-order valence-electron chi connectivity index (χ0n) is 9.90. The van der Waals surface area contributed by atoms with Crippen molar-refractivity contribution in [2.24, 2.45) is 5.41 Å². The molecule has 0 spiro atoms. The van der Waals surface area contributed by atoms with Crippen LogP contribution in [0.1, 0.15) is 52.9 Å². The molecule has 2 nitrogen and oxygen atoms in total. The summed E-state index contributed by atoms with van der Waals surface area (Å²) >= 11 is 0. The van der Waals surface area contributed by atoms with Crippen molar-refractivity contribution in [1.82, 2.24) is 5.32 Å². The number of hydrogen-bond acceptors (Lipinski definition) is 2. The van der Waals surface area contributed by atoms with Gasteiger partial charge in [-0.2, -0.15) is 5.26 Å². The van der Waals surface area contributed by atoms with Crippen LogP contribution in [0.3, 0.4) is 0 Å². The normalized spacial score (nSPS) is 11.3. The van der Waals surface area contributed by atoms with E-state index in [4.69, 9.17) is 5.26 Å². The van der Waals surface area contributed by atoms with E-state index in [1.165, 1.54) is 19.3 Å². The van der Waals surface area contributed by atoms with Crippen LogP contribution in [0, 0.1) is 16.7 Å². The Kier molecular flexibility index (Phi) is 7.51. The van der Waals surface area contributed by atoms with E-state index in [1.807, 2.05) is 13.8 Å². The van der Waals surface area contributed by atoms with Crippen LogP contribution in [0.2, 0.25) is 0 Å². The lowest BCUT2D eigenvalue weighted by atomic mass is 9.90. The molecule has 0 bridgehead atoms.